The normalized spacial score (nSPS) is 37.5. The van der Waals surface area contributed by atoms with Gasteiger partial charge in [-0.05, 0) is 72.6 Å². The number of hydrogen-bond acceptors (Lipinski definition) is 2. The highest BCUT2D eigenvalue weighted by Crippen LogP contribution is 2.45. The molecule has 1 aromatic carbocycles. The molecule has 3 nitrogen and oxygen atoms in total. The fourth-order valence-electron chi connectivity index (χ4n) is 5.38. The Bertz CT molecular complexity index is 697. The van der Waals surface area contributed by atoms with Gasteiger partial charge >= 0.3 is 0 Å². The minimum Gasteiger partial charge on any atom is -0.366 e. The van der Waals surface area contributed by atoms with Crippen molar-refractivity contribution in [3.8, 4) is 0 Å². The zero-order valence-corrected chi connectivity index (χ0v) is 15.4. The number of benzene rings is 1. The Hall–Kier alpha value is -1.61. The van der Waals surface area contributed by atoms with Gasteiger partial charge in [0.1, 0.15) is 0 Å². The van der Waals surface area contributed by atoms with E-state index >= 15 is 0 Å². The van der Waals surface area contributed by atoms with Gasteiger partial charge in [-0.3, -0.25) is 4.79 Å². The van der Waals surface area contributed by atoms with Crippen LogP contribution in [0.3, 0.4) is 0 Å². The Morgan fingerprint density at radius 3 is 2.80 bits per heavy atom. The van der Waals surface area contributed by atoms with Crippen LogP contribution in [0, 0.1) is 23.7 Å². The molecule has 5 atom stereocenters. The molecule has 25 heavy (non-hydrogen) atoms. The Morgan fingerprint density at radius 1 is 1.32 bits per heavy atom. The van der Waals surface area contributed by atoms with Crippen LogP contribution in [0.4, 0.5) is 0 Å². The van der Waals surface area contributed by atoms with Gasteiger partial charge in [-0.1, -0.05) is 38.1 Å². The summed E-state index contributed by atoms with van der Waals surface area (Å²) in [5.74, 6) is 2.79. The van der Waals surface area contributed by atoms with E-state index in [1.165, 1.54) is 24.9 Å². The van der Waals surface area contributed by atoms with Crippen molar-refractivity contribution in [1.29, 1.82) is 0 Å². The molecule has 0 spiro atoms. The molecule has 134 valence electrons. The third-order valence-electron chi connectivity index (χ3n) is 7.28. The molecule has 1 aromatic rings. The van der Waals surface area contributed by atoms with Crippen molar-refractivity contribution in [2.45, 2.75) is 38.5 Å². The quantitative estimate of drug-likeness (QED) is 0.853. The first-order valence-electron chi connectivity index (χ1n) is 9.77. The summed E-state index contributed by atoms with van der Waals surface area (Å²) in [6, 6.07) is 7.97. The van der Waals surface area contributed by atoms with E-state index in [-0.39, 0.29) is 11.3 Å². The van der Waals surface area contributed by atoms with E-state index in [1.54, 1.807) is 0 Å². The van der Waals surface area contributed by atoms with E-state index in [0.717, 1.165) is 37.3 Å². The van der Waals surface area contributed by atoms with Gasteiger partial charge in [-0.2, -0.15) is 0 Å². The summed E-state index contributed by atoms with van der Waals surface area (Å²) in [5.41, 5.74) is 7.49. The minimum absolute atomic E-state index is 0.122. The number of piperidine rings is 1. The predicted octanol–water partition coefficient (Wildman–Crippen LogP) is 3.60. The summed E-state index contributed by atoms with van der Waals surface area (Å²) >= 11 is 0. The van der Waals surface area contributed by atoms with Crippen molar-refractivity contribution in [2.75, 3.05) is 19.6 Å². The lowest BCUT2D eigenvalue weighted by Gasteiger charge is -2.46. The lowest BCUT2D eigenvalue weighted by atomic mass is 9.67. The zero-order chi connectivity index (χ0) is 17.6. The second-order valence-electron chi connectivity index (χ2n) is 8.81. The Kier molecular flexibility index (Phi) is 4.23. The minimum atomic E-state index is -0.333. The average Bonchev–Trinajstić information content (AvgIpc) is 3.21. The van der Waals surface area contributed by atoms with E-state index in [0.29, 0.717) is 11.5 Å². The topological polar surface area (TPSA) is 46.3 Å². The highest BCUT2D eigenvalue weighted by Gasteiger charge is 2.41. The number of fused-ring (bicyclic) bond motifs is 2. The number of rotatable bonds is 4. The summed E-state index contributed by atoms with van der Waals surface area (Å²) in [7, 11) is 0. The molecule has 1 unspecified atom stereocenters. The maximum Gasteiger partial charge on any atom is 0.248 e. The lowest BCUT2D eigenvalue weighted by molar-refractivity contribution is 0.0921. The first-order valence-corrected chi connectivity index (χ1v) is 9.77. The molecule has 3 heteroatoms. The highest BCUT2D eigenvalue weighted by molar-refractivity contribution is 5.92. The second-order valence-corrected chi connectivity index (χ2v) is 8.81. The maximum absolute atomic E-state index is 11.5. The second kappa shape index (κ2) is 6.28. The summed E-state index contributed by atoms with van der Waals surface area (Å²) in [5, 5.41) is 0. The largest absolute Gasteiger partial charge is 0.366 e. The summed E-state index contributed by atoms with van der Waals surface area (Å²) in [6.45, 7) is 8.28. The van der Waals surface area contributed by atoms with Gasteiger partial charge in [0.2, 0.25) is 5.91 Å². The van der Waals surface area contributed by atoms with E-state index in [4.69, 9.17) is 5.73 Å². The SMILES string of the molecule is C[C@H]1CN(CC2C[C@H]3C=C[C@@H]2C3)CC[C@@]1(C)c1cccc(C(N)=O)c1. The molecule has 1 heterocycles. The van der Waals surface area contributed by atoms with Crippen LogP contribution in [-0.4, -0.2) is 30.4 Å². The van der Waals surface area contributed by atoms with Crippen LogP contribution in [-0.2, 0) is 5.41 Å². The number of nitrogens with two attached hydrogens (primary N) is 1. The molecule has 3 aliphatic rings. The molecule has 4 rings (SSSR count). The molecule has 0 aromatic heterocycles. The molecule has 1 amide bonds. The third-order valence-corrected chi connectivity index (χ3v) is 7.28. The van der Waals surface area contributed by atoms with E-state index < -0.39 is 0 Å². The molecule has 2 fully saturated rings. The van der Waals surface area contributed by atoms with Crippen LogP contribution in [0.15, 0.2) is 36.4 Å². The molecule has 2 bridgehead atoms. The number of likely N-dealkylation sites (tertiary alicyclic amines) is 1. The monoisotopic (exact) mass is 338 g/mol. The molecule has 0 radical (unpaired) electrons. The number of nitrogens with zero attached hydrogens (tertiary/aromatic N) is 1. The predicted molar refractivity (Wildman–Crippen MR) is 101 cm³/mol. The van der Waals surface area contributed by atoms with Crippen molar-refractivity contribution >= 4 is 5.91 Å². The molecule has 1 aliphatic heterocycles. The Morgan fingerprint density at radius 2 is 2.16 bits per heavy atom. The number of allylic oxidation sites excluding steroid dienone is 2. The maximum atomic E-state index is 11.5. The van der Waals surface area contributed by atoms with Gasteiger partial charge in [0, 0.05) is 18.7 Å². The lowest BCUT2D eigenvalue weighted by Crippen LogP contribution is -2.48. The Labute approximate surface area is 151 Å². The van der Waals surface area contributed by atoms with Crippen LogP contribution in [0.25, 0.3) is 0 Å². The van der Waals surface area contributed by atoms with Crippen LogP contribution in [0.5, 0.6) is 0 Å². The van der Waals surface area contributed by atoms with Crippen molar-refractivity contribution < 1.29 is 4.79 Å². The van der Waals surface area contributed by atoms with Crippen molar-refractivity contribution in [1.82, 2.24) is 4.90 Å². The van der Waals surface area contributed by atoms with Crippen LogP contribution in [0.1, 0.15) is 49.0 Å². The first kappa shape index (κ1) is 16.8. The molecule has 1 saturated carbocycles. The Balaban J connectivity index is 1.44. The number of carbonyl (C=O) groups excluding carboxylic acids is 1. The van der Waals surface area contributed by atoms with Crippen LogP contribution >= 0.6 is 0 Å². The molecular weight excluding hydrogens is 308 g/mol. The fourth-order valence-corrected chi connectivity index (χ4v) is 5.38. The summed E-state index contributed by atoms with van der Waals surface area (Å²) in [6.07, 6.45) is 8.83. The summed E-state index contributed by atoms with van der Waals surface area (Å²) < 4.78 is 0. The fraction of sp³-hybridized carbons (Fsp3) is 0.591. The van der Waals surface area contributed by atoms with Gasteiger partial charge in [-0.15, -0.1) is 0 Å². The average molecular weight is 338 g/mol. The van der Waals surface area contributed by atoms with Crippen molar-refractivity contribution in [3.63, 3.8) is 0 Å². The van der Waals surface area contributed by atoms with E-state index in [9.17, 15) is 4.79 Å². The molecule has 2 N–H and O–H groups in total. The summed E-state index contributed by atoms with van der Waals surface area (Å²) in [4.78, 5) is 14.2. The zero-order valence-electron chi connectivity index (χ0n) is 15.4. The number of primary amides is 1. The van der Waals surface area contributed by atoms with Gasteiger partial charge < -0.3 is 10.6 Å². The first-order chi connectivity index (χ1) is 12.0. The number of hydrogen-bond donors (Lipinski definition) is 1. The third kappa shape index (κ3) is 3.03. The van der Waals surface area contributed by atoms with Gasteiger partial charge in [0.15, 0.2) is 0 Å². The van der Waals surface area contributed by atoms with Crippen molar-refractivity contribution in [3.05, 3.63) is 47.5 Å². The number of amides is 1. The van der Waals surface area contributed by atoms with Crippen LogP contribution < -0.4 is 5.73 Å². The van der Waals surface area contributed by atoms with Gasteiger partial charge in [0.05, 0.1) is 0 Å². The van der Waals surface area contributed by atoms with Crippen LogP contribution in [0.2, 0.25) is 0 Å². The number of carbonyl (C=O) groups is 1. The van der Waals surface area contributed by atoms with Crippen molar-refractivity contribution in [2.24, 2.45) is 29.4 Å². The van der Waals surface area contributed by atoms with Gasteiger partial charge in [-0.25, -0.2) is 0 Å². The van der Waals surface area contributed by atoms with Gasteiger partial charge in [0.25, 0.3) is 0 Å². The van der Waals surface area contributed by atoms with E-state index in [2.05, 4.69) is 37.0 Å². The van der Waals surface area contributed by atoms with E-state index in [1.807, 2.05) is 18.2 Å². The molecular formula is C22H30N2O. The smallest absolute Gasteiger partial charge is 0.248 e. The molecule has 1 saturated heterocycles. The highest BCUT2D eigenvalue weighted by atomic mass is 16.1. The molecule has 2 aliphatic carbocycles. The standard InChI is InChI=1S/C22H30N2O/c1-15-13-24(14-19-11-16-6-7-17(19)10-16)9-8-22(15,2)20-5-3-4-18(12-20)21(23)25/h3-7,12,15-17,19H,8-11,13-14H2,1-2H3,(H2,23,25)/t15-,16-,17+,19?,22+/m0/s1.